The van der Waals surface area contributed by atoms with Gasteiger partial charge in [-0.15, -0.1) is 0 Å². The molecule has 100 valence electrons. The van der Waals surface area contributed by atoms with Gasteiger partial charge in [0.15, 0.2) is 0 Å². The van der Waals surface area contributed by atoms with E-state index in [1.807, 2.05) is 13.0 Å². The standard InChI is InChI=1S/C13H15N3O2S/c1-10-8-16(9-15-10)19(17,18)13-4-2-3-11-7-14-6-5-12(11)13/h2-7,10,15H,8-9H2,1H3. The van der Waals surface area contributed by atoms with Crippen LogP contribution in [0.1, 0.15) is 6.92 Å². The van der Waals surface area contributed by atoms with E-state index < -0.39 is 10.0 Å². The van der Waals surface area contributed by atoms with Crippen molar-refractivity contribution in [2.45, 2.75) is 17.9 Å². The third-order valence-corrected chi connectivity index (χ3v) is 5.22. The van der Waals surface area contributed by atoms with E-state index in [2.05, 4.69) is 10.3 Å². The average Bonchev–Trinajstić information content (AvgIpc) is 2.85. The number of aromatic nitrogens is 1. The Morgan fingerprint density at radius 2 is 2.21 bits per heavy atom. The van der Waals surface area contributed by atoms with Gasteiger partial charge >= 0.3 is 0 Å². The number of benzene rings is 1. The Balaban J connectivity index is 2.14. The Morgan fingerprint density at radius 1 is 1.37 bits per heavy atom. The average molecular weight is 277 g/mol. The second kappa shape index (κ2) is 4.56. The summed E-state index contributed by atoms with van der Waals surface area (Å²) in [6, 6.07) is 7.21. The van der Waals surface area contributed by atoms with E-state index in [1.165, 1.54) is 4.31 Å². The van der Waals surface area contributed by atoms with Crippen LogP contribution in [0.25, 0.3) is 10.8 Å². The monoisotopic (exact) mass is 277 g/mol. The van der Waals surface area contributed by atoms with Gasteiger partial charge in [0, 0.05) is 35.8 Å². The van der Waals surface area contributed by atoms with Crippen LogP contribution in [0.3, 0.4) is 0 Å². The van der Waals surface area contributed by atoms with E-state index in [1.54, 1.807) is 30.6 Å². The second-order valence-corrected chi connectivity index (χ2v) is 6.66. The molecule has 1 fully saturated rings. The SMILES string of the molecule is CC1CN(S(=O)(=O)c2cccc3cnccc23)CN1. The molecule has 2 aromatic rings. The zero-order valence-electron chi connectivity index (χ0n) is 10.6. The molecule has 0 amide bonds. The van der Waals surface area contributed by atoms with Crippen LogP contribution in [0.4, 0.5) is 0 Å². The number of pyridine rings is 1. The largest absolute Gasteiger partial charge is 0.300 e. The summed E-state index contributed by atoms with van der Waals surface area (Å²) in [5.74, 6) is 0. The normalized spacial score (nSPS) is 21.0. The summed E-state index contributed by atoms with van der Waals surface area (Å²) >= 11 is 0. The van der Waals surface area contributed by atoms with Crippen LogP contribution < -0.4 is 5.32 Å². The molecule has 0 spiro atoms. The maximum Gasteiger partial charge on any atom is 0.244 e. The fraction of sp³-hybridized carbons (Fsp3) is 0.308. The molecular formula is C13H15N3O2S. The summed E-state index contributed by atoms with van der Waals surface area (Å²) < 4.78 is 26.8. The van der Waals surface area contributed by atoms with E-state index in [0.717, 1.165) is 10.8 Å². The van der Waals surface area contributed by atoms with Crippen molar-refractivity contribution < 1.29 is 8.42 Å². The van der Waals surface area contributed by atoms with E-state index in [0.29, 0.717) is 18.1 Å². The van der Waals surface area contributed by atoms with Gasteiger partial charge in [-0.1, -0.05) is 12.1 Å². The van der Waals surface area contributed by atoms with E-state index in [9.17, 15) is 8.42 Å². The topological polar surface area (TPSA) is 62.3 Å². The summed E-state index contributed by atoms with van der Waals surface area (Å²) in [7, 11) is -3.46. The summed E-state index contributed by atoms with van der Waals surface area (Å²) in [4.78, 5) is 4.38. The van der Waals surface area contributed by atoms with Crippen LogP contribution in [0, 0.1) is 0 Å². The minimum absolute atomic E-state index is 0.186. The van der Waals surface area contributed by atoms with Crippen LogP contribution in [0.5, 0.6) is 0 Å². The lowest BCUT2D eigenvalue weighted by atomic mass is 10.2. The Hall–Kier alpha value is -1.50. The Kier molecular flexibility index (Phi) is 3.00. The molecule has 5 nitrogen and oxygen atoms in total. The maximum atomic E-state index is 12.7. The number of hydrogen-bond acceptors (Lipinski definition) is 4. The first-order chi connectivity index (χ1) is 9.09. The zero-order chi connectivity index (χ0) is 13.5. The van der Waals surface area contributed by atoms with Crippen molar-refractivity contribution in [1.82, 2.24) is 14.6 Å². The molecule has 1 saturated heterocycles. The van der Waals surface area contributed by atoms with E-state index in [-0.39, 0.29) is 6.04 Å². The molecule has 1 N–H and O–H groups in total. The molecule has 1 atom stereocenters. The molecule has 0 bridgehead atoms. The van der Waals surface area contributed by atoms with Crippen molar-refractivity contribution >= 4 is 20.8 Å². The molecular weight excluding hydrogens is 262 g/mol. The summed E-state index contributed by atoms with van der Waals surface area (Å²) in [5.41, 5.74) is 0. The summed E-state index contributed by atoms with van der Waals surface area (Å²) in [6.07, 6.45) is 3.30. The van der Waals surface area contributed by atoms with Gasteiger partial charge in [0.05, 0.1) is 11.6 Å². The van der Waals surface area contributed by atoms with Crippen molar-refractivity contribution in [1.29, 1.82) is 0 Å². The quantitative estimate of drug-likeness (QED) is 0.895. The lowest BCUT2D eigenvalue weighted by molar-refractivity contribution is 0.471. The first-order valence-corrected chi connectivity index (χ1v) is 7.59. The highest BCUT2D eigenvalue weighted by Gasteiger charge is 2.31. The molecule has 6 heteroatoms. The minimum Gasteiger partial charge on any atom is -0.300 e. The lowest BCUT2D eigenvalue weighted by Crippen LogP contribution is -2.30. The zero-order valence-corrected chi connectivity index (χ0v) is 11.4. The molecule has 3 rings (SSSR count). The Morgan fingerprint density at radius 3 is 2.95 bits per heavy atom. The first kappa shape index (κ1) is 12.5. The van der Waals surface area contributed by atoms with Crippen molar-refractivity contribution in [2.75, 3.05) is 13.2 Å². The molecule has 1 aliphatic heterocycles. The molecule has 0 radical (unpaired) electrons. The number of fused-ring (bicyclic) bond motifs is 1. The van der Waals surface area contributed by atoms with Gasteiger partial charge in [-0.05, 0) is 19.1 Å². The highest BCUT2D eigenvalue weighted by molar-refractivity contribution is 7.89. The van der Waals surface area contributed by atoms with Crippen molar-refractivity contribution in [3.05, 3.63) is 36.7 Å². The van der Waals surface area contributed by atoms with Gasteiger partial charge in [0.1, 0.15) is 0 Å². The molecule has 1 unspecified atom stereocenters. The number of hydrogen-bond donors (Lipinski definition) is 1. The van der Waals surface area contributed by atoms with Crippen LogP contribution >= 0.6 is 0 Å². The van der Waals surface area contributed by atoms with Crippen molar-refractivity contribution in [3.63, 3.8) is 0 Å². The summed E-state index contributed by atoms with van der Waals surface area (Å²) in [6.45, 7) is 2.84. The molecule has 19 heavy (non-hydrogen) atoms. The summed E-state index contributed by atoms with van der Waals surface area (Å²) in [5, 5.41) is 4.68. The molecule has 1 aliphatic rings. The Bertz CT molecular complexity index is 709. The van der Waals surface area contributed by atoms with Crippen LogP contribution in [-0.4, -0.2) is 37.0 Å². The van der Waals surface area contributed by atoms with Gasteiger partial charge < -0.3 is 0 Å². The molecule has 0 aliphatic carbocycles. The van der Waals surface area contributed by atoms with Gasteiger partial charge in [-0.25, -0.2) is 8.42 Å². The molecule has 1 aromatic carbocycles. The first-order valence-electron chi connectivity index (χ1n) is 6.15. The van der Waals surface area contributed by atoms with Gasteiger partial charge in [0.25, 0.3) is 0 Å². The van der Waals surface area contributed by atoms with Crippen molar-refractivity contribution in [3.8, 4) is 0 Å². The van der Waals surface area contributed by atoms with E-state index >= 15 is 0 Å². The highest BCUT2D eigenvalue weighted by atomic mass is 32.2. The fourth-order valence-electron chi connectivity index (χ4n) is 2.33. The molecule has 2 heterocycles. The highest BCUT2D eigenvalue weighted by Crippen LogP contribution is 2.25. The minimum atomic E-state index is -3.46. The molecule has 0 saturated carbocycles. The third-order valence-electron chi connectivity index (χ3n) is 3.35. The Labute approximate surface area is 112 Å². The molecule has 1 aromatic heterocycles. The van der Waals surface area contributed by atoms with Gasteiger partial charge in [-0.3, -0.25) is 10.3 Å². The third kappa shape index (κ3) is 2.11. The van der Waals surface area contributed by atoms with Gasteiger partial charge in [0.2, 0.25) is 10.0 Å². The fourth-order valence-corrected chi connectivity index (χ4v) is 3.99. The number of sulfonamides is 1. The lowest BCUT2D eigenvalue weighted by Gasteiger charge is -2.16. The van der Waals surface area contributed by atoms with Gasteiger partial charge in [-0.2, -0.15) is 4.31 Å². The van der Waals surface area contributed by atoms with E-state index in [4.69, 9.17) is 0 Å². The number of rotatable bonds is 2. The predicted octanol–water partition coefficient (Wildman–Crippen LogP) is 1.17. The second-order valence-electron chi connectivity index (χ2n) is 4.76. The van der Waals surface area contributed by atoms with Crippen LogP contribution in [0.15, 0.2) is 41.6 Å². The van der Waals surface area contributed by atoms with Crippen LogP contribution in [-0.2, 0) is 10.0 Å². The smallest absolute Gasteiger partial charge is 0.244 e. The predicted molar refractivity (Wildman–Crippen MR) is 73.1 cm³/mol. The maximum absolute atomic E-state index is 12.7. The number of nitrogens with zero attached hydrogens (tertiary/aromatic N) is 2. The number of nitrogens with one attached hydrogen (secondary N) is 1. The van der Waals surface area contributed by atoms with Crippen molar-refractivity contribution in [2.24, 2.45) is 0 Å². The van der Waals surface area contributed by atoms with Crippen LogP contribution in [0.2, 0.25) is 0 Å².